The van der Waals surface area contributed by atoms with Crippen molar-refractivity contribution in [3.63, 3.8) is 0 Å². The molecular weight excluding hydrogens is 486 g/mol. The van der Waals surface area contributed by atoms with E-state index in [-0.39, 0.29) is 22.9 Å². The molecule has 5 rings (SSSR count). The number of carbonyl (C=O) groups excluding carboxylic acids is 1. The monoisotopic (exact) mass is 507 g/mol. The Balaban J connectivity index is 1.37. The third kappa shape index (κ3) is 4.09. The highest BCUT2D eigenvalue weighted by Crippen LogP contribution is 2.36. The van der Waals surface area contributed by atoms with Gasteiger partial charge in [0.2, 0.25) is 0 Å². The summed E-state index contributed by atoms with van der Waals surface area (Å²) in [4.78, 5) is 13.6. The fraction of sp³-hybridized carbons (Fsp3) is 0.208. The number of aromatic nitrogens is 3. The smallest absolute Gasteiger partial charge is 0.298 e. The topological polar surface area (TPSA) is 132 Å². The SMILES string of the molecule is C#CC(=O)N1Cc2cn(Cc3cc(O)c4c(NS(=O)c5c(OC)cccc5OC)noc4c3)nc2C1. The molecule has 184 valence electrons. The van der Waals surface area contributed by atoms with Crippen LogP contribution in [0.3, 0.4) is 0 Å². The van der Waals surface area contributed by atoms with Crippen molar-refractivity contribution in [2.45, 2.75) is 24.5 Å². The Morgan fingerprint density at radius 3 is 2.69 bits per heavy atom. The van der Waals surface area contributed by atoms with Crippen molar-refractivity contribution in [2.75, 3.05) is 18.9 Å². The van der Waals surface area contributed by atoms with Gasteiger partial charge in [0.1, 0.15) is 27.5 Å². The zero-order valence-electron chi connectivity index (χ0n) is 19.3. The Hall–Kier alpha value is -4.50. The second-order valence-corrected chi connectivity index (χ2v) is 9.14. The van der Waals surface area contributed by atoms with Gasteiger partial charge in [0.25, 0.3) is 5.91 Å². The van der Waals surface area contributed by atoms with Crippen molar-refractivity contribution in [1.82, 2.24) is 19.8 Å². The van der Waals surface area contributed by atoms with Gasteiger partial charge in [-0.2, -0.15) is 5.10 Å². The van der Waals surface area contributed by atoms with Gasteiger partial charge < -0.3 is 24.0 Å². The largest absolute Gasteiger partial charge is 0.507 e. The van der Waals surface area contributed by atoms with Gasteiger partial charge in [-0.25, -0.2) is 4.21 Å². The standard InChI is InChI=1S/C24H21N5O6S/c1-4-21(31)28-11-15-12-29(25-16(15)13-28)10-14-8-17(30)22-20(9-14)35-26-24(22)27-36(32)23-18(33-2)6-5-7-19(23)34-3/h1,5-9,12,30H,10-11,13H2,2-3H3,(H,26,27). The first kappa shape index (κ1) is 23.3. The third-order valence-electron chi connectivity index (χ3n) is 5.75. The minimum absolute atomic E-state index is 0.0965. The molecular formula is C24H21N5O6S. The normalized spacial score (nSPS) is 13.3. The van der Waals surface area contributed by atoms with E-state index in [1.165, 1.54) is 14.2 Å². The average molecular weight is 508 g/mol. The highest BCUT2D eigenvalue weighted by Gasteiger charge is 2.26. The Morgan fingerprint density at radius 2 is 2.03 bits per heavy atom. The molecule has 1 unspecified atom stereocenters. The van der Waals surface area contributed by atoms with Crippen molar-refractivity contribution in [3.05, 3.63) is 53.3 Å². The number of terminal acetylenes is 1. The molecule has 2 aromatic carbocycles. The summed E-state index contributed by atoms with van der Waals surface area (Å²) in [6, 6.07) is 8.34. The molecule has 0 bridgehead atoms. The summed E-state index contributed by atoms with van der Waals surface area (Å²) in [6.45, 7) is 1.13. The van der Waals surface area contributed by atoms with Crippen molar-refractivity contribution in [2.24, 2.45) is 0 Å². The van der Waals surface area contributed by atoms with Crippen LogP contribution in [0, 0.1) is 12.3 Å². The first-order chi connectivity index (χ1) is 17.4. The number of hydrogen-bond donors (Lipinski definition) is 2. The number of fused-ring (bicyclic) bond motifs is 2. The predicted octanol–water partition coefficient (Wildman–Crippen LogP) is 2.41. The number of carbonyl (C=O) groups is 1. The molecule has 4 aromatic rings. The van der Waals surface area contributed by atoms with Gasteiger partial charge in [-0.3, -0.25) is 14.2 Å². The Labute approximate surface area is 208 Å². The van der Waals surface area contributed by atoms with Crippen LogP contribution in [-0.4, -0.2) is 49.3 Å². The van der Waals surface area contributed by atoms with E-state index in [9.17, 15) is 14.1 Å². The summed E-state index contributed by atoms with van der Waals surface area (Å²) < 4.78 is 33.6. The number of anilines is 1. The summed E-state index contributed by atoms with van der Waals surface area (Å²) in [6.07, 6.45) is 7.04. The van der Waals surface area contributed by atoms with Crippen LogP contribution in [0.25, 0.3) is 11.0 Å². The lowest BCUT2D eigenvalue weighted by atomic mass is 10.1. The maximum Gasteiger partial charge on any atom is 0.298 e. The maximum absolute atomic E-state index is 13.1. The number of hydrogen-bond acceptors (Lipinski definition) is 8. The summed E-state index contributed by atoms with van der Waals surface area (Å²) in [7, 11) is 1.11. The van der Waals surface area contributed by atoms with Crippen LogP contribution in [0.1, 0.15) is 16.8 Å². The van der Waals surface area contributed by atoms with Crippen molar-refractivity contribution < 1.29 is 28.1 Å². The van der Waals surface area contributed by atoms with Crippen LogP contribution in [0.5, 0.6) is 17.2 Å². The van der Waals surface area contributed by atoms with Gasteiger partial charge in [-0.05, 0) is 35.7 Å². The summed E-state index contributed by atoms with van der Waals surface area (Å²) >= 11 is 0. The van der Waals surface area contributed by atoms with Crippen molar-refractivity contribution >= 4 is 33.7 Å². The maximum atomic E-state index is 13.1. The Morgan fingerprint density at radius 1 is 1.28 bits per heavy atom. The number of amides is 1. The number of aromatic hydroxyl groups is 1. The number of nitrogens with one attached hydrogen (secondary N) is 1. The second-order valence-electron chi connectivity index (χ2n) is 7.99. The lowest BCUT2D eigenvalue weighted by Gasteiger charge is -2.12. The van der Waals surface area contributed by atoms with Gasteiger partial charge in [-0.1, -0.05) is 11.2 Å². The first-order valence-corrected chi connectivity index (χ1v) is 11.9. The van der Waals surface area contributed by atoms with Crippen LogP contribution in [0.15, 0.2) is 45.9 Å². The molecule has 3 heterocycles. The van der Waals surface area contributed by atoms with Crippen LogP contribution in [0.2, 0.25) is 0 Å². The molecule has 12 heteroatoms. The quantitative estimate of drug-likeness (QED) is 0.365. The molecule has 36 heavy (non-hydrogen) atoms. The van der Waals surface area contributed by atoms with Crippen molar-refractivity contribution in [1.29, 1.82) is 0 Å². The molecule has 1 aliphatic heterocycles. The highest BCUT2D eigenvalue weighted by molar-refractivity contribution is 7.86. The molecule has 0 fully saturated rings. The minimum atomic E-state index is -1.83. The third-order valence-corrected chi connectivity index (χ3v) is 6.90. The summed E-state index contributed by atoms with van der Waals surface area (Å²) in [5.41, 5.74) is 2.73. The molecule has 0 radical (unpaired) electrons. The van der Waals surface area contributed by atoms with E-state index < -0.39 is 11.0 Å². The van der Waals surface area contributed by atoms with Crippen molar-refractivity contribution in [3.8, 4) is 29.6 Å². The van der Waals surface area contributed by atoms with E-state index in [2.05, 4.69) is 20.9 Å². The van der Waals surface area contributed by atoms with Gasteiger partial charge in [0.15, 0.2) is 22.4 Å². The number of methoxy groups -OCH3 is 2. The fourth-order valence-electron chi connectivity index (χ4n) is 4.12. The fourth-order valence-corrected chi connectivity index (χ4v) is 5.20. The lowest BCUT2D eigenvalue weighted by molar-refractivity contribution is -0.125. The molecule has 0 spiro atoms. The summed E-state index contributed by atoms with van der Waals surface area (Å²) in [5, 5.41) is 19.5. The molecule has 1 amide bonds. The van der Waals surface area contributed by atoms with Crippen LogP contribution in [0.4, 0.5) is 5.82 Å². The Kier molecular flexibility index (Phi) is 5.99. The summed E-state index contributed by atoms with van der Waals surface area (Å²) in [5.74, 6) is 2.51. The minimum Gasteiger partial charge on any atom is -0.507 e. The first-order valence-electron chi connectivity index (χ1n) is 10.7. The molecule has 0 aliphatic carbocycles. The number of ether oxygens (including phenoxy) is 2. The predicted molar refractivity (Wildman–Crippen MR) is 130 cm³/mol. The van der Waals surface area contributed by atoms with E-state index in [0.717, 1.165) is 11.3 Å². The molecule has 2 N–H and O–H groups in total. The number of phenolic OH excluding ortho intramolecular Hbond substituents is 1. The molecule has 0 saturated carbocycles. The van der Waals surface area contributed by atoms with Gasteiger partial charge in [0, 0.05) is 11.8 Å². The second kappa shape index (κ2) is 9.27. The van der Waals surface area contributed by atoms with E-state index in [1.54, 1.807) is 39.9 Å². The van der Waals surface area contributed by atoms with E-state index >= 15 is 0 Å². The van der Waals surface area contributed by atoms with Crippen LogP contribution >= 0.6 is 0 Å². The number of rotatable bonds is 7. The zero-order chi connectivity index (χ0) is 25.4. The van der Waals surface area contributed by atoms with E-state index in [4.69, 9.17) is 20.4 Å². The number of benzene rings is 2. The van der Waals surface area contributed by atoms with Gasteiger partial charge >= 0.3 is 0 Å². The molecule has 2 aromatic heterocycles. The van der Waals surface area contributed by atoms with Gasteiger partial charge in [0.05, 0.1) is 39.5 Å². The molecule has 1 aliphatic rings. The van der Waals surface area contributed by atoms with E-state index in [1.807, 2.05) is 6.20 Å². The molecule has 1 atom stereocenters. The van der Waals surface area contributed by atoms with Gasteiger partial charge in [-0.15, -0.1) is 6.42 Å². The highest BCUT2D eigenvalue weighted by atomic mass is 32.2. The van der Waals surface area contributed by atoms with E-state index in [0.29, 0.717) is 47.2 Å². The molecule has 11 nitrogen and oxygen atoms in total. The molecule has 0 saturated heterocycles. The van der Waals surface area contributed by atoms with Crippen LogP contribution < -0.4 is 14.2 Å². The lowest BCUT2D eigenvalue weighted by Crippen LogP contribution is -2.24. The van der Waals surface area contributed by atoms with Crippen LogP contribution in [-0.2, 0) is 35.4 Å². The Bertz CT molecular complexity index is 1510. The zero-order valence-corrected chi connectivity index (χ0v) is 20.2. The number of phenols is 1. The average Bonchev–Trinajstić information content (AvgIpc) is 3.56. The number of nitrogens with zero attached hydrogens (tertiary/aromatic N) is 4.